The molecular formula is C23H27N5O. The van der Waals surface area contributed by atoms with Gasteiger partial charge in [-0.05, 0) is 49.9 Å². The number of rotatable bonds is 2. The Morgan fingerprint density at radius 1 is 1.07 bits per heavy atom. The van der Waals surface area contributed by atoms with Crippen LogP contribution in [0.1, 0.15) is 48.9 Å². The van der Waals surface area contributed by atoms with Crippen molar-refractivity contribution in [1.82, 2.24) is 9.88 Å². The van der Waals surface area contributed by atoms with Gasteiger partial charge in [0.2, 0.25) is 0 Å². The van der Waals surface area contributed by atoms with E-state index in [1.165, 1.54) is 12.8 Å². The molecule has 150 valence electrons. The molecule has 6 heteroatoms. The molecule has 1 saturated carbocycles. The van der Waals surface area contributed by atoms with Crippen molar-refractivity contribution in [3.63, 3.8) is 0 Å². The molecule has 2 aliphatic heterocycles. The lowest BCUT2D eigenvalue weighted by atomic mass is 9.84. The lowest BCUT2D eigenvalue weighted by Crippen LogP contribution is -2.62. The summed E-state index contributed by atoms with van der Waals surface area (Å²) in [7, 11) is 0. The van der Waals surface area contributed by atoms with Crippen LogP contribution in [0.2, 0.25) is 0 Å². The second-order valence-corrected chi connectivity index (χ2v) is 8.36. The van der Waals surface area contributed by atoms with E-state index in [0.717, 1.165) is 49.4 Å². The lowest BCUT2D eigenvalue weighted by Gasteiger charge is -2.47. The van der Waals surface area contributed by atoms with Gasteiger partial charge in [0.15, 0.2) is 0 Å². The van der Waals surface area contributed by atoms with Gasteiger partial charge in [0.05, 0.1) is 24.0 Å². The monoisotopic (exact) mass is 389 g/mol. The van der Waals surface area contributed by atoms with Crippen molar-refractivity contribution < 1.29 is 4.79 Å². The van der Waals surface area contributed by atoms with Gasteiger partial charge in [-0.1, -0.05) is 25.0 Å². The molecule has 0 radical (unpaired) electrons. The average molecular weight is 390 g/mol. The van der Waals surface area contributed by atoms with E-state index in [-0.39, 0.29) is 11.4 Å². The van der Waals surface area contributed by atoms with Crippen molar-refractivity contribution in [2.24, 2.45) is 4.99 Å². The highest BCUT2D eigenvalue weighted by atomic mass is 16.2. The summed E-state index contributed by atoms with van der Waals surface area (Å²) in [6, 6.07) is 12.2. The minimum atomic E-state index is -0.363. The van der Waals surface area contributed by atoms with Crippen LogP contribution in [0.15, 0.2) is 53.8 Å². The van der Waals surface area contributed by atoms with Crippen LogP contribution in [-0.2, 0) is 0 Å². The second kappa shape index (κ2) is 7.50. The zero-order valence-electron chi connectivity index (χ0n) is 16.6. The Hall–Kier alpha value is -2.89. The van der Waals surface area contributed by atoms with Gasteiger partial charge in [0, 0.05) is 24.5 Å². The highest BCUT2D eigenvalue weighted by Gasteiger charge is 2.45. The van der Waals surface area contributed by atoms with Gasteiger partial charge in [0.1, 0.15) is 11.4 Å². The number of aliphatic imine (C=N–C) groups is 1. The van der Waals surface area contributed by atoms with Crippen LogP contribution in [0.3, 0.4) is 0 Å². The number of amides is 1. The summed E-state index contributed by atoms with van der Waals surface area (Å²) in [5, 5.41) is 7.40. The maximum absolute atomic E-state index is 13.1. The quantitative estimate of drug-likeness (QED) is 0.816. The molecule has 6 nitrogen and oxygen atoms in total. The third-order valence-electron chi connectivity index (χ3n) is 6.35. The van der Waals surface area contributed by atoms with Crippen molar-refractivity contribution in [2.45, 2.75) is 50.1 Å². The molecule has 1 spiro atoms. The van der Waals surface area contributed by atoms with E-state index in [1.54, 1.807) is 24.5 Å². The van der Waals surface area contributed by atoms with Crippen molar-refractivity contribution >= 4 is 23.1 Å². The Morgan fingerprint density at radius 2 is 1.83 bits per heavy atom. The van der Waals surface area contributed by atoms with Crippen molar-refractivity contribution in [2.75, 3.05) is 23.7 Å². The first-order chi connectivity index (χ1) is 14.2. The summed E-state index contributed by atoms with van der Waals surface area (Å²) in [4.78, 5) is 24.3. The number of carbonyl (C=O) groups excluding carboxylic acids is 1. The normalized spacial score (nSPS) is 25.5. The smallest absolute Gasteiger partial charge is 0.254 e. The predicted octanol–water partition coefficient (Wildman–Crippen LogP) is 3.94. The first-order valence-electron chi connectivity index (χ1n) is 10.7. The molecule has 1 aliphatic carbocycles. The number of carbonyl (C=O) groups is 1. The van der Waals surface area contributed by atoms with Crippen LogP contribution in [0.25, 0.3) is 0 Å². The third kappa shape index (κ3) is 3.48. The van der Waals surface area contributed by atoms with Crippen molar-refractivity contribution in [3.05, 3.63) is 54.4 Å². The maximum atomic E-state index is 13.1. The molecule has 5 rings (SSSR count). The van der Waals surface area contributed by atoms with Gasteiger partial charge in [-0.25, -0.2) is 0 Å². The number of benzene rings is 1. The van der Waals surface area contributed by atoms with Gasteiger partial charge in [-0.3, -0.25) is 14.8 Å². The molecule has 3 heterocycles. The van der Waals surface area contributed by atoms with Crippen LogP contribution in [0.5, 0.6) is 0 Å². The van der Waals surface area contributed by atoms with E-state index in [1.807, 2.05) is 17.0 Å². The van der Waals surface area contributed by atoms with E-state index in [0.29, 0.717) is 18.2 Å². The van der Waals surface area contributed by atoms with E-state index in [4.69, 9.17) is 4.99 Å². The number of fused-ring (bicyclic) bond motifs is 1. The van der Waals surface area contributed by atoms with Gasteiger partial charge >= 0.3 is 0 Å². The Morgan fingerprint density at radius 3 is 2.62 bits per heavy atom. The first kappa shape index (κ1) is 18.2. The molecule has 0 bridgehead atoms. The molecule has 2 fully saturated rings. The zero-order chi connectivity index (χ0) is 19.7. The van der Waals surface area contributed by atoms with Gasteiger partial charge in [0.25, 0.3) is 5.91 Å². The van der Waals surface area contributed by atoms with E-state index in [9.17, 15) is 4.79 Å². The number of aromatic nitrogens is 1. The molecule has 1 amide bonds. The minimum Gasteiger partial charge on any atom is -0.370 e. The maximum Gasteiger partial charge on any atom is 0.254 e. The molecule has 1 atom stereocenters. The minimum absolute atomic E-state index is 0.0624. The molecule has 1 aromatic carbocycles. The number of likely N-dealkylation sites (tertiary alicyclic amines) is 1. The summed E-state index contributed by atoms with van der Waals surface area (Å²) in [6.45, 7) is 1.38. The van der Waals surface area contributed by atoms with E-state index >= 15 is 0 Å². The third-order valence-corrected chi connectivity index (χ3v) is 6.35. The lowest BCUT2D eigenvalue weighted by molar-refractivity contribution is 0.0694. The molecule has 2 N–H and O–H groups in total. The zero-order valence-corrected chi connectivity index (χ0v) is 16.6. The van der Waals surface area contributed by atoms with E-state index in [2.05, 4.69) is 27.8 Å². The Balaban J connectivity index is 1.48. The van der Waals surface area contributed by atoms with Crippen LogP contribution in [0, 0.1) is 0 Å². The Labute approximate surface area is 171 Å². The highest BCUT2D eigenvalue weighted by Crippen LogP contribution is 2.37. The summed E-state index contributed by atoms with van der Waals surface area (Å²) in [5.41, 5.74) is 2.47. The molecule has 29 heavy (non-hydrogen) atoms. The number of anilines is 2. The van der Waals surface area contributed by atoms with Crippen LogP contribution in [-0.4, -0.2) is 46.3 Å². The number of pyridine rings is 1. The molecule has 0 unspecified atom stereocenters. The number of hydrogen-bond acceptors (Lipinski definition) is 4. The predicted molar refractivity (Wildman–Crippen MR) is 115 cm³/mol. The molecule has 1 aromatic heterocycles. The fourth-order valence-electron chi connectivity index (χ4n) is 4.84. The Kier molecular flexibility index (Phi) is 4.70. The van der Waals surface area contributed by atoms with Crippen LogP contribution < -0.4 is 10.6 Å². The molecular weight excluding hydrogens is 362 g/mol. The van der Waals surface area contributed by atoms with Crippen LogP contribution >= 0.6 is 0 Å². The number of nitrogens with one attached hydrogen (secondary N) is 2. The summed E-state index contributed by atoms with van der Waals surface area (Å²) in [6.07, 6.45) is 10.1. The number of nitrogens with zero attached hydrogens (tertiary/aromatic N) is 3. The second-order valence-electron chi connectivity index (χ2n) is 8.36. The highest BCUT2D eigenvalue weighted by molar-refractivity contribution is 6.10. The topological polar surface area (TPSA) is 69.6 Å². The number of para-hydroxylation sites is 2. The van der Waals surface area contributed by atoms with Gasteiger partial charge in [-0.15, -0.1) is 0 Å². The fourth-order valence-corrected chi connectivity index (χ4v) is 4.84. The summed E-state index contributed by atoms with van der Waals surface area (Å²) in [5.74, 6) is 1.06. The molecule has 2 aromatic rings. The standard InChI is InChI=1S/C23H27N5O/c29-21(17-10-13-24-14-11-17)28-15-5-12-23(16-28)22(25-18-6-1-2-7-18)26-19-8-3-4-9-20(19)27-23/h3-4,8-11,13-14,18,27H,1-2,5-7,12,15-16H2,(H,25,26)/t23-/m1/s1. The van der Waals surface area contributed by atoms with E-state index < -0.39 is 0 Å². The number of piperidine rings is 1. The van der Waals surface area contributed by atoms with Crippen molar-refractivity contribution in [1.29, 1.82) is 0 Å². The average Bonchev–Trinajstić information content (AvgIpc) is 3.28. The van der Waals surface area contributed by atoms with Crippen molar-refractivity contribution in [3.8, 4) is 0 Å². The summed E-state index contributed by atoms with van der Waals surface area (Å²) < 4.78 is 0. The Bertz CT molecular complexity index is 922. The molecule has 1 saturated heterocycles. The SMILES string of the molecule is O=C(c1ccncc1)N1CCC[C@]2(C1)Nc1ccccc1NC2=NC1CCCC1. The number of hydrogen-bond donors (Lipinski definition) is 2. The molecule has 3 aliphatic rings. The van der Waals surface area contributed by atoms with Gasteiger partial charge < -0.3 is 15.5 Å². The fraction of sp³-hybridized carbons (Fsp3) is 0.435. The summed E-state index contributed by atoms with van der Waals surface area (Å²) >= 11 is 0. The first-order valence-corrected chi connectivity index (χ1v) is 10.7. The van der Waals surface area contributed by atoms with Gasteiger partial charge in [-0.2, -0.15) is 0 Å². The van der Waals surface area contributed by atoms with Crippen LogP contribution in [0.4, 0.5) is 11.4 Å². The largest absolute Gasteiger partial charge is 0.370 e. The number of amidine groups is 1.